The van der Waals surface area contributed by atoms with Crippen LogP contribution >= 0.6 is 0 Å². The second kappa shape index (κ2) is 9.72. The van der Waals surface area contributed by atoms with E-state index >= 15 is 0 Å². The van der Waals surface area contributed by atoms with Crippen molar-refractivity contribution in [3.8, 4) is 0 Å². The standard InChI is InChI=1S/C19H25N3O5/c1-13(2)14-5-7-15(8-6-14)20-19(24)22(9-10-25-3)11-17-21-16(12-27-17)18(23)26-4/h5-8,12-13H,9-11H2,1-4H3,(H,20,24). The van der Waals surface area contributed by atoms with E-state index < -0.39 is 5.97 Å². The van der Waals surface area contributed by atoms with Crippen molar-refractivity contribution in [2.75, 3.05) is 32.7 Å². The van der Waals surface area contributed by atoms with Crippen molar-refractivity contribution in [3.63, 3.8) is 0 Å². The number of carbonyl (C=O) groups is 2. The third-order valence-electron chi connectivity index (χ3n) is 3.95. The van der Waals surface area contributed by atoms with Gasteiger partial charge in [-0.2, -0.15) is 0 Å². The Bertz CT molecular complexity index is 755. The van der Waals surface area contributed by atoms with Crippen LogP contribution in [0, 0.1) is 0 Å². The molecule has 27 heavy (non-hydrogen) atoms. The molecule has 2 aromatic rings. The van der Waals surface area contributed by atoms with Gasteiger partial charge in [0, 0.05) is 19.3 Å². The molecule has 2 amide bonds. The second-order valence-electron chi connectivity index (χ2n) is 6.24. The molecule has 0 saturated carbocycles. The predicted molar refractivity (Wildman–Crippen MR) is 99.7 cm³/mol. The largest absolute Gasteiger partial charge is 0.464 e. The number of amides is 2. The summed E-state index contributed by atoms with van der Waals surface area (Å²) in [5.74, 6) is 0.0573. The van der Waals surface area contributed by atoms with Gasteiger partial charge < -0.3 is 24.1 Å². The highest BCUT2D eigenvalue weighted by atomic mass is 16.5. The van der Waals surface area contributed by atoms with Crippen molar-refractivity contribution >= 4 is 17.7 Å². The Morgan fingerprint density at radius 2 is 1.93 bits per heavy atom. The van der Waals surface area contributed by atoms with Gasteiger partial charge in [0.05, 0.1) is 20.3 Å². The first-order chi connectivity index (χ1) is 12.9. The van der Waals surface area contributed by atoms with Crippen molar-refractivity contribution in [1.82, 2.24) is 9.88 Å². The number of hydrogen-bond donors (Lipinski definition) is 1. The van der Waals surface area contributed by atoms with Crippen LogP contribution in [0.2, 0.25) is 0 Å². The van der Waals surface area contributed by atoms with E-state index in [2.05, 4.69) is 28.9 Å². The van der Waals surface area contributed by atoms with Crippen LogP contribution in [0.3, 0.4) is 0 Å². The molecule has 0 atom stereocenters. The Morgan fingerprint density at radius 3 is 2.52 bits per heavy atom. The van der Waals surface area contributed by atoms with Crippen molar-refractivity contribution in [2.45, 2.75) is 26.3 Å². The lowest BCUT2D eigenvalue weighted by atomic mass is 10.0. The molecule has 8 heteroatoms. The molecular weight excluding hydrogens is 350 g/mol. The minimum atomic E-state index is -0.594. The van der Waals surface area contributed by atoms with Crippen molar-refractivity contribution < 1.29 is 23.5 Å². The van der Waals surface area contributed by atoms with E-state index in [1.54, 1.807) is 7.11 Å². The average molecular weight is 375 g/mol. The van der Waals surface area contributed by atoms with Crippen molar-refractivity contribution in [1.29, 1.82) is 0 Å². The molecule has 8 nitrogen and oxygen atoms in total. The van der Waals surface area contributed by atoms with E-state index in [0.717, 1.165) is 0 Å². The van der Waals surface area contributed by atoms with Crippen molar-refractivity contribution in [3.05, 3.63) is 47.7 Å². The van der Waals surface area contributed by atoms with Gasteiger partial charge in [-0.15, -0.1) is 0 Å². The Hall–Kier alpha value is -2.87. The summed E-state index contributed by atoms with van der Waals surface area (Å²) in [5, 5.41) is 2.85. The normalized spacial score (nSPS) is 10.7. The number of nitrogens with zero attached hydrogens (tertiary/aromatic N) is 2. The van der Waals surface area contributed by atoms with Gasteiger partial charge >= 0.3 is 12.0 Å². The topological polar surface area (TPSA) is 93.9 Å². The third-order valence-corrected chi connectivity index (χ3v) is 3.95. The fourth-order valence-electron chi connectivity index (χ4n) is 2.35. The highest BCUT2D eigenvalue weighted by Gasteiger charge is 2.19. The van der Waals surface area contributed by atoms with E-state index in [1.165, 1.54) is 23.8 Å². The molecule has 0 bridgehead atoms. The molecule has 0 aliphatic rings. The summed E-state index contributed by atoms with van der Waals surface area (Å²) in [6.07, 6.45) is 1.21. The molecule has 0 unspecified atom stereocenters. The molecule has 0 radical (unpaired) electrons. The van der Waals surface area contributed by atoms with E-state index in [-0.39, 0.29) is 24.2 Å². The maximum atomic E-state index is 12.6. The maximum Gasteiger partial charge on any atom is 0.360 e. The van der Waals surface area contributed by atoms with Crippen LogP contribution < -0.4 is 5.32 Å². The van der Waals surface area contributed by atoms with Gasteiger partial charge in [-0.1, -0.05) is 26.0 Å². The van der Waals surface area contributed by atoms with Gasteiger partial charge in [0.25, 0.3) is 0 Å². The predicted octanol–water partition coefficient (Wildman–Crippen LogP) is 3.27. The van der Waals surface area contributed by atoms with Gasteiger partial charge in [-0.25, -0.2) is 14.6 Å². The molecule has 0 saturated heterocycles. The summed E-state index contributed by atoms with van der Waals surface area (Å²) < 4.78 is 14.9. The summed E-state index contributed by atoms with van der Waals surface area (Å²) in [7, 11) is 2.82. The lowest BCUT2D eigenvalue weighted by Gasteiger charge is -2.21. The number of nitrogens with one attached hydrogen (secondary N) is 1. The second-order valence-corrected chi connectivity index (χ2v) is 6.24. The fraction of sp³-hybridized carbons (Fsp3) is 0.421. The molecule has 0 aliphatic carbocycles. The van der Waals surface area contributed by atoms with Crippen molar-refractivity contribution in [2.24, 2.45) is 0 Å². The Labute approximate surface area is 158 Å². The first kappa shape index (κ1) is 20.4. The molecule has 1 aromatic heterocycles. The number of aromatic nitrogens is 1. The van der Waals surface area contributed by atoms with Gasteiger partial charge in [-0.3, -0.25) is 0 Å². The molecule has 2 rings (SSSR count). The van der Waals surface area contributed by atoms with Gasteiger partial charge in [-0.05, 0) is 23.6 Å². The number of urea groups is 1. The zero-order chi connectivity index (χ0) is 19.8. The van der Waals surface area contributed by atoms with Crippen LogP contribution in [0.1, 0.15) is 41.7 Å². The maximum absolute atomic E-state index is 12.6. The first-order valence-electron chi connectivity index (χ1n) is 8.62. The van der Waals surface area contributed by atoms with Crippen LogP contribution in [0.4, 0.5) is 10.5 Å². The number of ether oxygens (including phenoxy) is 2. The summed E-state index contributed by atoms with van der Waals surface area (Å²) in [6.45, 7) is 5.00. The average Bonchev–Trinajstić information content (AvgIpc) is 3.13. The number of esters is 1. The molecule has 1 aromatic carbocycles. The number of carbonyl (C=O) groups excluding carboxylic acids is 2. The number of benzene rings is 1. The quantitative estimate of drug-likeness (QED) is 0.712. The van der Waals surface area contributed by atoms with E-state index in [0.29, 0.717) is 24.8 Å². The summed E-state index contributed by atoms with van der Waals surface area (Å²) >= 11 is 0. The Balaban J connectivity index is 2.06. The Morgan fingerprint density at radius 1 is 1.22 bits per heavy atom. The van der Waals surface area contributed by atoms with Crippen LogP contribution in [0.15, 0.2) is 34.9 Å². The van der Waals surface area contributed by atoms with Gasteiger partial charge in [0.1, 0.15) is 6.26 Å². The fourth-order valence-corrected chi connectivity index (χ4v) is 2.35. The van der Waals surface area contributed by atoms with Crippen LogP contribution in [0.5, 0.6) is 0 Å². The Kier molecular flexibility index (Phi) is 7.36. The van der Waals surface area contributed by atoms with E-state index in [9.17, 15) is 9.59 Å². The van der Waals surface area contributed by atoms with E-state index in [4.69, 9.17) is 9.15 Å². The highest BCUT2D eigenvalue weighted by molar-refractivity contribution is 5.89. The summed E-state index contributed by atoms with van der Waals surface area (Å²) in [4.78, 5) is 29.7. The van der Waals surface area contributed by atoms with Crippen LogP contribution in [-0.2, 0) is 16.0 Å². The number of methoxy groups -OCH3 is 2. The number of rotatable bonds is 8. The lowest BCUT2D eigenvalue weighted by Crippen LogP contribution is -2.37. The van der Waals surface area contributed by atoms with Gasteiger partial charge in [0.15, 0.2) is 5.69 Å². The lowest BCUT2D eigenvalue weighted by molar-refractivity contribution is 0.0594. The third kappa shape index (κ3) is 5.82. The number of oxazole rings is 1. The molecule has 0 spiro atoms. The molecular formula is C19H25N3O5. The monoisotopic (exact) mass is 375 g/mol. The molecule has 1 heterocycles. The highest BCUT2D eigenvalue weighted by Crippen LogP contribution is 2.18. The summed E-state index contributed by atoms with van der Waals surface area (Å²) in [5.41, 5.74) is 1.94. The minimum Gasteiger partial charge on any atom is -0.464 e. The molecule has 146 valence electrons. The number of hydrogen-bond acceptors (Lipinski definition) is 6. The van der Waals surface area contributed by atoms with Gasteiger partial charge in [0.2, 0.25) is 5.89 Å². The SMILES string of the molecule is COCCN(Cc1nc(C(=O)OC)co1)C(=O)Nc1ccc(C(C)C)cc1. The summed E-state index contributed by atoms with van der Waals surface area (Å²) in [6, 6.07) is 7.37. The molecule has 0 aliphatic heterocycles. The number of anilines is 1. The van der Waals surface area contributed by atoms with E-state index in [1.807, 2.05) is 24.3 Å². The zero-order valence-corrected chi connectivity index (χ0v) is 16.0. The molecule has 1 N–H and O–H groups in total. The van der Waals surface area contributed by atoms with Crippen LogP contribution in [-0.4, -0.2) is 49.3 Å². The first-order valence-corrected chi connectivity index (χ1v) is 8.62. The minimum absolute atomic E-state index is 0.0591. The zero-order valence-electron chi connectivity index (χ0n) is 16.0. The molecule has 0 fully saturated rings. The van der Waals surface area contributed by atoms with Crippen LogP contribution in [0.25, 0.3) is 0 Å². The smallest absolute Gasteiger partial charge is 0.360 e.